The van der Waals surface area contributed by atoms with E-state index in [1.165, 1.54) is 0 Å². The third-order valence-corrected chi connectivity index (χ3v) is 2.59. The first-order valence-electron chi connectivity index (χ1n) is 5.90. The lowest BCUT2D eigenvalue weighted by Crippen LogP contribution is -2.40. The molecule has 0 saturated heterocycles. The second-order valence-electron chi connectivity index (χ2n) is 3.91. The molecular weight excluding hydrogens is 236 g/mol. The van der Waals surface area contributed by atoms with Gasteiger partial charge in [0, 0.05) is 19.5 Å². The molecule has 1 atom stereocenters. The second kappa shape index (κ2) is 7.37. The number of furan rings is 1. The molecule has 0 aromatic carbocycles. The van der Waals surface area contributed by atoms with E-state index in [4.69, 9.17) is 9.52 Å². The summed E-state index contributed by atoms with van der Waals surface area (Å²) in [5, 5.41) is 14.0. The molecule has 1 heterocycles. The fraction of sp³-hybridized carbons (Fsp3) is 0.500. The Hall–Kier alpha value is -1.98. The third-order valence-electron chi connectivity index (χ3n) is 2.59. The summed E-state index contributed by atoms with van der Waals surface area (Å²) >= 11 is 0. The van der Waals surface area contributed by atoms with Crippen molar-refractivity contribution in [2.45, 2.75) is 19.8 Å². The number of urea groups is 1. The molecule has 0 fully saturated rings. The second-order valence-corrected chi connectivity index (χ2v) is 3.91. The maximum atomic E-state index is 11.4. The Bertz CT molecular complexity index is 375. The molecule has 0 aliphatic carbocycles. The van der Waals surface area contributed by atoms with E-state index in [1.807, 2.05) is 6.07 Å². The minimum atomic E-state index is -0.895. The van der Waals surface area contributed by atoms with Gasteiger partial charge in [0.05, 0.1) is 12.2 Å². The Morgan fingerprint density at radius 1 is 1.44 bits per heavy atom. The molecule has 0 aliphatic rings. The molecule has 0 radical (unpaired) electrons. The van der Waals surface area contributed by atoms with Crippen molar-refractivity contribution in [3.63, 3.8) is 0 Å². The molecule has 0 spiro atoms. The fourth-order valence-electron chi connectivity index (χ4n) is 1.44. The molecule has 6 heteroatoms. The molecule has 6 nitrogen and oxygen atoms in total. The molecular formula is C12H18N2O4. The minimum absolute atomic E-state index is 0.137. The van der Waals surface area contributed by atoms with Gasteiger partial charge in [-0.05, 0) is 18.6 Å². The van der Waals surface area contributed by atoms with E-state index >= 15 is 0 Å². The molecule has 3 N–H and O–H groups in total. The zero-order valence-electron chi connectivity index (χ0n) is 10.3. The van der Waals surface area contributed by atoms with Gasteiger partial charge in [0.2, 0.25) is 0 Å². The van der Waals surface area contributed by atoms with Gasteiger partial charge in [0.15, 0.2) is 0 Å². The zero-order chi connectivity index (χ0) is 13.4. The van der Waals surface area contributed by atoms with Gasteiger partial charge in [-0.1, -0.05) is 6.92 Å². The Balaban J connectivity index is 2.15. The summed E-state index contributed by atoms with van der Waals surface area (Å²) in [6.45, 7) is 2.36. The van der Waals surface area contributed by atoms with Gasteiger partial charge in [0.25, 0.3) is 0 Å². The standard InChI is InChI=1S/C12H18N2O4/c1-2-9(11(15)16)8-14-12(17)13-6-5-10-4-3-7-18-10/h3-4,7,9H,2,5-6,8H2,1H3,(H,15,16)(H2,13,14,17). The van der Waals surface area contributed by atoms with Crippen molar-refractivity contribution < 1.29 is 19.1 Å². The number of rotatable bonds is 7. The van der Waals surface area contributed by atoms with Gasteiger partial charge < -0.3 is 20.2 Å². The number of amides is 2. The quantitative estimate of drug-likeness (QED) is 0.682. The molecule has 1 rings (SSSR count). The lowest BCUT2D eigenvalue weighted by atomic mass is 10.1. The predicted molar refractivity (Wildman–Crippen MR) is 65.2 cm³/mol. The van der Waals surface area contributed by atoms with Gasteiger partial charge in [-0.25, -0.2) is 4.79 Å². The van der Waals surface area contributed by atoms with Crippen LogP contribution < -0.4 is 10.6 Å². The van der Waals surface area contributed by atoms with Crippen LogP contribution in [-0.2, 0) is 11.2 Å². The van der Waals surface area contributed by atoms with Crippen LogP contribution >= 0.6 is 0 Å². The van der Waals surface area contributed by atoms with E-state index in [2.05, 4.69) is 10.6 Å². The molecule has 18 heavy (non-hydrogen) atoms. The lowest BCUT2D eigenvalue weighted by molar-refractivity contribution is -0.141. The van der Waals surface area contributed by atoms with Crippen molar-refractivity contribution in [1.82, 2.24) is 10.6 Å². The Morgan fingerprint density at radius 2 is 2.22 bits per heavy atom. The number of nitrogens with one attached hydrogen (secondary N) is 2. The van der Waals surface area contributed by atoms with E-state index < -0.39 is 11.9 Å². The largest absolute Gasteiger partial charge is 0.481 e. The molecule has 1 unspecified atom stereocenters. The average molecular weight is 254 g/mol. The van der Waals surface area contributed by atoms with Gasteiger partial charge >= 0.3 is 12.0 Å². The van der Waals surface area contributed by atoms with Crippen LogP contribution in [-0.4, -0.2) is 30.2 Å². The van der Waals surface area contributed by atoms with Crippen LogP contribution in [0.5, 0.6) is 0 Å². The number of carboxylic acids is 1. The first-order valence-corrected chi connectivity index (χ1v) is 5.90. The third kappa shape index (κ3) is 4.90. The molecule has 1 aromatic rings. The zero-order valence-corrected chi connectivity index (χ0v) is 10.3. The number of carbonyl (C=O) groups excluding carboxylic acids is 1. The lowest BCUT2D eigenvalue weighted by Gasteiger charge is -2.11. The highest BCUT2D eigenvalue weighted by atomic mass is 16.4. The minimum Gasteiger partial charge on any atom is -0.481 e. The van der Waals surface area contributed by atoms with Crippen LogP contribution in [0.4, 0.5) is 4.79 Å². The van der Waals surface area contributed by atoms with Gasteiger partial charge in [-0.2, -0.15) is 0 Å². The molecule has 0 aliphatic heterocycles. The summed E-state index contributed by atoms with van der Waals surface area (Å²) in [4.78, 5) is 22.1. The SMILES string of the molecule is CCC(CNC(=O)NCCc1ccco1)C(=O)O. The van der Waals surface area contributed by atoms with Crippen LogP contribution in [0, 0.1) is 5.92 Å². The number of hydrogen-bond acceptors (Lipinski definition) is 3. The van der Waals surface area contributed by atoms with Crippen LogP contribution in [0.3, 0.4) is 0 Å². The Kier molecular flexibility index (Phi) is 5.76. The van der Waals surface area contributed by atoms with Crippen LogP contribution in [0.25, 0.3) is 0 Å². The highest BCUT2D eigenvalue weighted by molar-refractivity contribution is 5.75. The van der Waals surface area contributed by atoms with E-state index in [-0.39, 0.29) is 12.6 Å². The van der Waals surface area contributed by atoms with Crippen molar-refractivity contribution in [1.29, 1.82) is 0 Å². The van der Waals surface area contributed by atoms with Gasteiger partial charge in [0.1, 0.15) is 5.76 Å². The molecule has 1 aromatic heterocycles. The molecule has 0 bridgehead atoms. The first-order chi connectivity index (χ1) is 8.63. The van der Waals surface area contributed by atoms with Crippen molar-refractivity contribution in [3.8, 4) is 0 Å². The van der Waals surface area contributed by atoms with Crippen LogP contribution in [0.15, 0.2) is 22.8 Å². The van der Waals surface area contributed by atoms with Crippen molar-refractivity contribution in [2.24, 2.45) is 5.92 Å². The summed E-state index contributed by atoms with van der Waals surface area (Å²) in [5.41, 5.74) is 0. The van der Waals surface area contributed by atoms with E-state index in [1.54, 1.807) is 19.3 Å². The van der Waals surface area contributed by atoms with E-state index in [0.717, 1.165) is 5.76 Å². The fourth-order valence-corrected chi connectivity index (χ4v) is 1.44. The summed E-state index contributed by atoms with van der Waals surface area (Å²) in [5.74, 6) is -0.638. The van der Waals surface area contributed by atoms with Crippen molar-refractivity contribution >= 4 is 12.0 Å². The monoisotopic (exact) mass is 254 g/mol. The topological polar surface area (TPSA) is 91.6 Å². The van der Waals surface area contributed by atoms with E-state index in [0.29, 0.717) is 19.4 Å². The summed E-state index contributed by atoms with van der Waals surface area (Å²) in [6.07, 6.45) is 2.67. The summed E-state index contributed by atoms with van der Waals surface area (Å²) in [7, 11) is 0. The Labute approximate surface area is 105 Å². The van der Waals surface area contributed by atoms with Crippen LogP contribution in [0.2, 0.25) is 0 Å². The molecule has 2 amide bonds. The normalized spacial score (nSPS) is 11.8. The molecule has 0 saturated carbocycles. The number of carbonyl (C=O) groups is 2. The maximum absolute atomic E-state index is 11.4. The van der Waals surface area contributed by atoms with Crippen LogP contribution in [0.1, 0.15) is 19.1 Å². The highest BCUT2D eigenvalue weighted by Crippen LogP contribution is 2.00. The van der Waals surface area contributed by atoms with Crippen molar-refractivity contribution in [2.75, 3.05) is 13.1 Å². The van der Waals surface area contributed by atoms with Gasteiger partial charge in [-0.15, -0.1) is 0 Å². The predicted octanol–water partition coefficient (Wildman–Crippen LogP) is 1.23. The number of aliphatic carboxylic acids is 1. The first kappa shape index (κ1) is 14.1. The highest BCUT2D eigenvalue weighted by Gasteiger charge is 2.15. The average Bonchev–Trinajstić information content (AvgIpc) is 2.82. The number of hydrogen-bond donors (Lipinski definition) is 3. The molecule has 100 valence electrons. The maximum Gasteiger partial charge on any atom is 0.314 e. The van der Waals surface area contributed by atoms with Gasteiger partial charge in [-0.3, -0.25) is 4.79 Å². The summed E-state index contributed by atoms with van der Waals surface area (Å²) in [6, 6.07) is 3.26. The summed E-state index contributed by atoms with van der Waals surface area (Å²) < 4.78 is 5.11. The number of carboxylic acid groups (broad SMARTS) is 1. The van der Waals surface area contributed by atoms with E-state index in [9.17, 15) is 9.59 Å². The van der Waals surface area contributed by atoms with Crippen molar-refractivity contribution in [3.05, 3.63) is 24.2 Å². The Morgan fingerprint density at radius 3 is 2.78 bits per heavy atom. The smallest absolute Gasteiger partial charge is 0.314 e.